The average molecular weight is 216 g/mol. The van der Waals surface area contributed by atoms with E-state index >= 15 is 0 Å². The third-order valence-corrected chi connectivity index (χ3v) is 2.84. The second-order valence-corrected chi connectivity index (χ2v) is 4.16. The molecule has 1 aromatic carbocycles. The molecule has 0 amide bonds. The number of ether oxygens (including phenoxy) is 1. The molecule has 0 spiro atoms. The fourth-order valence-corrected chi connectivity index (χ4v) is 2.05. The number of fused-ring (bicyclic) bond motifs is 1. The molecule has 0 saturated carbocycles. The van der Waals surface area contributed by atoms with Gasteiger partial charge in [0.05, 0.1) is 19.1 Å². The molecule has 3 nitrogen and oxygen atoms in total. The molecule has 84 valence electrons. The quantitative estimate of drug-likeness (QED) is 0.843. The summed E-state index contributed by atoms with van der Waals surface area (Å²) >= 11 is 0. The Labute approximate surface area is 96.0 Å². The van der Waals surface area contributed by atoms with Gasteiger partial charge >= 0.3 is 0 Å². The first kappa shape index (κ1) is 11.0. The van der Waals surface area contributed by atoms with Gasteiger partial charge in [0.1, 0.15) is 5.75 Å². The fourth-order valence-electron chi connectivity index (χ4n) is 2.05. The third-order valence-electron chi connectivity index (χ3n) is 2.84. The molecular formula is C13H16N2O. The first-order chi connectivity index (χ1) is 7.81. The maximum absolute atomic E-state index is 8.65. The van der Waals surface area contributed by atoms with Crippen LogP contribution in [0, 0.1) is 11.3 Å². The molecule has 1 N–H and O–H groups in total. The van der Waals surface area contributed by atoms with Gasteiger partial charge in [-0.15, -0.1) is 0 Å². The molecule has 0 radical (unpaired) electrons. The summed E-state index contributed by atoms with van der Waals surface area (Å²) < 4.78 is 5.59. The standard InChI is InChI=1S/C13H16N2O/c1-10(6-8-14)15-12-7-9-16-13-5-3-2-4-11(12)13/h2-5,10,12,15H,6-7,9H2,1H3/t10-,12-/m0/s1. The summed E-state index contributed by atoms with van der Waals surface area (Å²) in [6, 6.07) is 10.8. The van der Waals surface area contributed by atoms with Gasteiger partial charge in [-0.3, -0.25) is 0 Å². The van der Waals surface area contributed by atoms with E-state index in [1.54, 1.807) is 0 Å². The number of nitriles is 1. The lowest BCUT2D eigenvalue weighted by Gasteiger charge is -2.28. The predicted molar refractivity (Wildman–Crippen MR) is 62.1 cm³/mol. The van der Waals surface area contributed by atoms with Gasteiger partial charge in [0, 0.05) is 24.1 Å². The molecule has 0 bridgehead atoms. The normalized spacial score (nSPS) is 20.4. The Morgan fingerprint density at radius 2 is 2.38 bits per heavy atom. The lowest BCUT2D eigenvalue weighted by Crippen LogP contribution is -2.33. The Morgan fingerprint density at radius 3 is 3.19 bits per heavy atom. The molecule has 2 atom stereocenters. The number of hydrogen-bond donors (Lipinski definition) is 1. The minimum atomic E-state index is 0.223. The summed E-state index contributed by atoms with van der Waals surface area (Å²) in [4.78, 5) is 0. The van der Waals surface area contributed by atoms with Crippen molar-refractivity contribution in [3.63, 3.8) is 0 Å². The minimum Gasteiger partial charge on any atom is -0.493 e. The summed E-state index contributed by atoms with van der Waals surface area (Å²) in [7, 11) is 0. The Kier molecular flexibility index (Phi) is 3.43. The fraction of sp³-hybridized carbons (Fsp3) is 0.462. The van der Waals surface area contributed by atoms with E-state index in [2.05, 4.69) is 17.5 Å². The van der Waals surface area contributed by atoms with Crippen molar-refractivity contribution in [3.8, 4) is 11.8 Å². The van der Waals surface area contributed by atoms with Crippen molar-refractivity contribution in [2.45, 2.75) is 31.8 Å². The van der Waals surface area contributed by atoms with E-state index in [1.807, 2.05) is 25.1 Å². The van der Waals surface area contributed by atoms with Crippen LogP contribution in [0.3, 0.4) is 0 Å². The van der Waals surface area contributed by atoms with E-state index in [0.717, 1.165) is 18.8 Å². The molecule has 0 aromatic heterocycles. The molecule has 0 saturated heterocycles. The van der Waals surface area contributed by atoms with Crippen molar-refractivity contribution in [2.24, 2.45) is 0 Å². The van der Waals surface area contributed by atoms with Gasteiger partial charge in [-0.05, 0) is 13.0 Å². The number of benzene rings is 1. The summed E-state index contributed by atoms with van der Waals surface area (Å²) in [6.45, 7) is 2.79. The van der Waals surface area contributed by atoms with E-state index in [4.69, 9.17) is 10.00 Å². The maximum atomic E-state index is 8.65. The number of para-hydroxylation sites is 1. The van der Waals surface area contributed by atoms with Crippen molar-refractivity contribution >= 4 is 0 Å². The Bertz CT molecular complexity index is 397. The highest BCUT2D eigenvalue weighted by Crippen LogP contribution is 2.31. The van der Waals surface area contributed by atoms with Crippen LogP contribution in [0.4, 0.5) is 0 Å². The van der Waals surface area contributed by atoms with Crippen LogP contribution in [-0.4, -0.2) is 12.6 Å². The van der Waals surface area contributed by atoms with Crippen LogP contribution in [0.1, 0.15) is 31.4 Å². The molecule has 2 rings (SSSR count). The smallest absolute Gasteiger partial charge is 0.124 e. The van der Waals surface area contributed by atoms with Gasteiger partial charge in [-0.25, -0.2) is 0 Å². The van der Waals surface area contributed by atoms with Gasteiger partial charge in [-0.2, -0.15) is 5.26 Å². The largest absolute Gasteiger partial charge is 0.493 e. The zero-order chi connectivity index (χ0) is 11.4. The molecule has 0 aliphatic carbocycles. The zero-order valence-electron chi connectivity index (χ0n) is 9.44. The van der Waals surface area contributed by atoms with Crippen LogP contribution in [-0.2, 0) is 0 Å². The van der Waals surface area contributed by atoms with Crippen molar-refractivity contribution in [2.75, 3.05) is 6.61 Å². The second-order valence-electron chi connectivity index (χ2n) is 4.16. The van der Waals surface area contributed by atoms with Gasteiger partial charge < -0.3 is 10.1 Å². The second kappa shape index (κ2) is 5.00. The van der Waals surface area contributed by atoms with E-state index in [0.29, 0.717) is 12.5 Å². The topological polar surface area (TPSA) is 45.0 Å². The molecule has 0 unspecified atom stereocenters. The summed E-state index contributed by atoms with van der Waals surface area (Å²) in [6.07, 6.45) is 1.51. The van der Waals surface area contributed by atoms with Crippen molar-refractivity contribution in [1.82, 2.24) is 5.32 Å². The Morgan fingerprint density at radius 1 is 1.56 bits per heavy atom. The predicted octanol–water partition coefficient (Wildman–Crippen LogP) is 2.40. The lowest BCUT2D eigenvalue weighted by atomic mass is 9.99. The maximum Gasteiger partial charge on any atom is 0.124 e. The van der Waals surface area contributed by atoms with Gasteiger partial charge in [0.25, 0.3) is 0 Å². The summed E-state index contributed by atoms with van der Waals surface area (Å²) in [5.74, 6) is 0.968. The zero-order valence-corrected chi connectivity index (χ0v) is 9.44. The van der Waals surface area contributed by atoms with Crippen molar-refractivity contribution in [3.05, 3.63) is 29.8 Å². The van der Waals surface area contributed by atoms with Crippen molar-refractivity contribution < 1.29 is 4.74 Å². The minimum absolute atomic E-state index is 0.223. The van der Waals surface area contributed by atoms with E-state index in [9.17, 15) is 0 Å². The van der Waals surface area contributed by atoms with Gasteiger partial charge in [-0.1, -0.05) is 18.2 Å². The molecule has 1 aliphatic heterocycles. The van der Waals surface area contributed by atoms with E-state index in [1.165, 1.54) is 5.56 Å². The van der Waals surface area contributed by atoms with Crippen molar-refractivity contribution in [1.29, 1.82) is 5.26 Å². The number of hydrogen-bond acceptors (Lipinski definition) is 3. The lowest BCUT2D eigenvalue weighted by molar-refractivity contribution is 0.246. The van der Waals surface area contributed by atoms with Crippen LogP contribution in [0.5, 0.6) is 5.75 Å². The highest BCUT2D eigenvalue weighted by atomic mass is 16.5. The summed E-state index contributed by atoms with van der Waals surface area (Å²) in [5, 5.41) is 12.1. The van der Waals surface area contributed by atoms with E-state index < -0.39 is 0 Å². The molecule has 1 aliphatic rings. The van der Waals surface area contributed by atoms with Crippen LogP contribution in [0.2, 0.25) is 0 Å². The number of nitrogens with one attached hydrogen (secondary N) is 1. The molecule has 0 fully saturated rings. The van der Waals surface area contributed by atoms with Gasteiger partial charge in [0.2, 0.25) is 0 Å². The number of nitrogens with zero attached hydrogens (tertiary/aromatic N) is 1. The first-order valence-electron chi connectivity index (χ1n) is 5.66. The Hall–Kier alpha value is -1.53. The number of rotatable bonds is 3. The molecule has 3 heteroatoms. The van der Waals surface area contributed by atoms with Crippen LogP contribution >= 0.6 is 0 Å². The van der Waals surface area contributed by atoms with Gasteiger partial charge in [0.15, 0.2) is 0 Å². The first-order valence-corrected chi connectivity index (χ1v) is 5.66. The molecule has 1 heterocycles. The molecule has 16 heavy (non-hydrogen) atoms. The summed E-state index contributed by atoms with van der Waals surface area (Å²) in [5.41, 5.74) is 1.21. The monoisotopic (exact) mass is 216 g/mol. The van der Waals surface area contributed by atoms with Crippen LogP contribution in [0.15, 0.2) is 24.3 Å². The highest BCUT2D eigenvalue weighted by molar-refractivity contribution is 5.37. The van der Waals surface area contributed by atoms with Crippen LogP contribution < -0.4 is 10.1 Å². The van der Waals surface area contributed by atoms with Crippen LogP contribution in [0.25, 0.3) is 0 Å². The van der Waals surface area contributed by atoms with E-state index in [-0.39, 0.29) is 6.04 Å². The third kappa shape index (κ3) is 2.34. The molecule has 1 aromatic rings. The average Bonchev–Trinajstić information content (AvgIpc) is 2.30. The SMILES string of the molecule is C[C@@H](CC#N)N[C@H]1CCOc2ccccc21. The molecular weight excluding hydrogens is 200 g/mol. The Balaban J connectivity index is 2.10. The highest BCUT2D eigenvalue weighted by Gasteiger charge is 2.21.